The number of nitrogens with zero attached hydrogens (tertiary/aromatic N) is 1. The van der Waals surface area contributed by atoms with Gasteiger partial charge in [-0.25, -0.2) is 0 Å². The molecule has 1 atom stereocenters. The highest BCUT2D eigenvalue weighted by molar-refractivity contribution is 6.42. The maximum absolute atomic E-state index is 12.9. The molecule has 1 fully saturated rings. The van der Waals surface area contributed by atoms with Crippen LogP contribution in [0.5, 0.6) is 0 Å². The second-order valence-corrected chi connectivity index (χ2v) is 8.66. The second kappa shape index (κ2) is 7.98. The van der Waals surface area contributed by atoms with Crippen molar-refractivity contribution in [2.24, 2.45) is 0 Å². The number of hydrogen-bond donors (Lipinski definition) is 2. The van der Waals surface area contributed by atoms with Gasteiger partial charge in [-0.3, -0.25) is 24.5 Å². The van der Waals surface area contributed by atoms with Gasteiger partial charge >= 0.3 is 0 Å². The summed E-state index contributed by atoms with van der Waals surface area (Å²) in [5.41, 5.74) is 1.42. The number of carbonyl (C=O) groups is 4. The van der Waals surface area contributed by atoms with E-state index in [1.54, 1.807) is 31.2 Å². The van der Waals surface area contributed by atoms with Gasteiger partial charge < -0.3 is 10.2 Å². The Kier molecular flexibility index (Phi) is 5.49. The number of carbonyl (C=O) groups excluding carboxylic acids is 4. The highest BCUT2D eigenvalue weighted by Gasteiger charge is 2.48. The van der Waals surface area contributed by atoms with Crippen LogP contribution in [0, 0.1) is 0 Å². The van der Waals surface area contributed by atoms with Crippen molar-refractivity contribution in [1.82, 2.24) is 15.5 Å². The molecule has 1 saturated heterocycles. The Labute approximate surface area is 188 Å². The van der Waals surface area contributed by atoms with Crippen LogP contribution in [-0.4, -0.2) is 34.1 Å². The monoisotopic (exact) mass is 459 g/mol. The van der Waals surface area contributed by atoms with Crippen molar-refractivity contribution in [1.29, 1.82) is 0 Å². The van der Waals surface area contributed by atoms with Crippen molar-refractivity contribution in [2.45, 2.75) is 38.4 Å². The number of hydrogen-bond acceptors (Lipinski definition) is 4. The van der Waals surface area contributed by atoms with Crippen LogP contribution in [0.3, 0.4) is 0 Å². The molecule has 4 amide bonds. The molecule has 2 aromatic carbocycles. The van der Waals surface area contributed by atoms with Gasteiger partial charge in [-0.1, -0.05) is 35.3 Å². The summed E-state index contributed by atoms with van der Waals surface area (Å²) in [5, 5.41) is 5.81. The first-order chi connectivity index (χ1) is 14.7. The third kappa shape index (κ3) is 3.91. The van der Waals surface area contributed by atoms with E-state index in [1.807, 2.05) is 6.07 Å². The number of nitrogens with one attached hydrogen (secondary N) is 2. The van der Waals surface area contributed by atoms with E-state index in [0.29, 0.717) is 21.2 Å². The highest BCUT2D eigenvalue weighted by atomic mass is 35.5. The summed E-state index contributed by atoms with van der Waals surface area (Å²) in [5.74, 6) is -1.33. The molecule has 0 aromatic heterocycles. The number of halogens is 2. The molecule has 2 aromatic rings. The number of piperidine rings is 1. The summed E-state index contributed by atoms with van der Waals surface area (Å²) >= 11 is 11.8. The van der Waals surface area contributed by atoms with E-state index in [1.165, 1.54) is 11.0 Å². The van der Waals surface area contributed by atoms with Gasteiger partial charge in [-0.15, -0.1) is 0 Å². The molecule has 0 unspecified atom stereocenters. The molecule has 2 N–H and O–H groups in total. The first-order valence-electron chi connectivity index (χ1n) is 9.70. The quantitative estimate of drug-likeness (QED) is 0.686. The standard InChI is InChI=1S/C22H19Cl2N3O4/c1-22(7-6-18(28)26-21(22)31)27-11-14-8-12(2-4-15(14)20(27)30)10-25-19(29)13-3-5-16(23)17(24)9-13/h2-5,8-9H,6-7,10-11H2,1H3,(H,25,29)(H,26,28,31)/t22-/m0/s1. The molecule has 9 heteroatoms. The van der Waals surface area contributed by atoms with E-state index in [9.17, 15) is 19.2 Å². The number of imide groups is 1. The lowest BCUT2D eigenvalue weighted by Crippen LogP contribution is -2.61. The Morgan fingerprint density at radius 2 is 1.90 bits per heavy atom. The minimum absolute atomic E-state index is 0.189. The molecule has 7 nitrogen and oxygen atoms in total. The van der Waals surface area contributed by atoms with Crippen LogP contribution >= 0.6 is 23.2 Å². The van der Waals surface area contributed by atoms with E-state index in [-0.39, 0.29) is 43.7 Å². The molecule has 0 bridgehead atoms. The molecule has 0 saturated carbocycles. The Morgan fingerprint density at radius 1 is 1.13 bits per heavy atom. The Hall–Kier alpha value is -2.90. The predicted octanol–water partition coefficient (Wildman–Crippen LogP) is 3.07. The minimum atomic E-state index is -1.08. The molecule has 160 valence electrons. The molecule has 0 radical (unpaired) electrons. The second-order valence-electron chi connectivity index (χ2n) is 7.85. The predicted molar refractivity (Wildman–Crippen MR) is 115 cm³/mol. The molecule has 4 rings (SSSR count). The van der Waals surface area contributed by atoms with Crippen molar-refractivity contribution in [2.75, 3.05) is 0 Å². The summed E-state index contributed by atoms with van der Waals surface area (Å²) in [6, 6.07) is 9.96. The largest absolute Gasteiger partial charge is 0.348 e. The number of fused-ring (bicyclic) bond motifs is 1. The van der Waals surface area contributed by atoms with Gasteiger partial charge in [0.1, 0.15) is 5.54 Å². The summed E-state index contributed by atoms with van der Waals surface area (Å²) < 4.78 is 0. The van der Waals surface area contributed by atoms with Crippen molar-refractivity contribution in [3.63, 3.8) is 0 Å². The van der Waals surface area contributed by atoms with Crippen molar-refractivity contribution < 1.29 is 19.2 Å². The minimum Gasteiger partial charge on any atom is -0.348 e. The average molecular weight is 460 g/mol. The number of benzene rings is 2. The summed E-state index contributed by atoms with van der Waals surface area (Å²) in [4.78, 5) is 50.8. The zero-order valence-corrected chi connectivity index (χ0v) is 18.1. The highest BCUT2D eigenvalue weighted by Crippen LogP contribution is 2.34. The van der Waals surface area contributed by atoms with Crippen LogP contribution < -0.4 is 10.6 Å². The van der Waals surface area contributed by atoms with E-state index >= 15 is 0 Å². The van der Waals surface area contributed by atoms with Crippen molar-refractivity contribution >= 4 is 46.8 Å². The van der Waals surface area contributed by atoms with Gasteiger partial charge in [0, 0.05) is 30.6 Å². The maximum atomic E-state index is 12.9. The first-order valence-corrected chi connectivity index (χ1v) is 10.5. The van der Waals surface area contributed by atoms with E-state index in [2.05, 4.69) is 10.6 Å². The van der Waals surface area contributed by atoms with E-state index < -0.39 is 11.4 Å². The molecular formula is C22H19Cl2N3O4. The van der Waals surface area contributed by atoms with Crippen molar-refractivity contribution in [3.8, 4) is 0 Å². The third-order valence-corrected chi connectivity index (χ3v) is 6.52. The van der Waals surface area contributed by atoms with Crippen LogP contribution in [0.2, 0.25) is 10.0 Å². The fourth-order valence-electron chi connectivity index (χ4n) is 3.86. The Bertz CT molecular complexity index is 1130. The van der Waals surface area contributed by atoms with Gasteiger partial charge in [0.15, 0.2) is 0 Å². The van der Waals surface area contributed by atoms with Gasteiger partial charge in [0.25, 0.3) is 17.7 Å². The summed E-state index contributed by atoms with van der Waals surface area (Å²) in [6.45, 7) is 2.20. The molecular weight excluding hydrogens is 441 g/mol. The third-order valence-electron chi connectivity index (χ3n) is 5.79. The molecule has 31 heavy (non-hydrogen) atoms. The zero-order valence-electron chi connectivity index (χ0n) is 16.6. The van der Waals surface area contributed by atoms with Crippen LogP contribution in [-0.2, 0) is 22.7 Å². The summed E-state index contributed by atoms with van der Waals surface area (Å²) in [6.07, 6.45) is 0.471. The van der Waals surface area contributed by atoms with Gasteiger partial charge in [-0.2, -0.15) is 0 Å². The van der Waals surface area contributed by atoms with Gasteiger partial charge in [0.05, 0.1) is 10.0 Å². The van der Waals surface area contributed by atoms with Gasteiger partial charge in [0.2, 0.25) is 5.91 Å². The Balaban J connectivity index is 1.47. The normalized spacial score (nSPS) is 20.5. The number of rotatable bonds is 4. The average Bonchev–Trinajstić information content (AvgIpc) is 3.08. The van der Waals surface area contributed by atoms with Crippen LogP contribution in [0.4, 0.5) is 0 Å². The molecule has 2 heterocycles. The maximum Gasteiger partial charge on any atom is 0.255 e. The van der Waals surface area contributed by atoms with Crippen LogP contribution in [0.15, 0.2) is 36.4 Å². The molecule has 0 aliphatic carbocycles. The first kappa shape index (κ1) is 21.3. The lowest BCUT2D eigenvalue weighted by molar-refractivity contribution is -0.142. The molecule has 2 aliphatic rings. The topological polar surface area (TPSA) is 95.6 Å². The van der Waals surface area contributed by atoms with Crippen LogP contribution in [0.25, 0.3) is 0 Å². The lowest BCUT2D eigenvalue weighted by atomic mass is 9.89. The van der Waals surface area contributed by atoms with E-state index in [0.717, 1.165) is 11.1 Å². The fourth-order valence-corrected chi connectivity index (χ4v) is 4.15. The number of amides is 4. The fraction of sp³-hybridized carbons (Fsp3) is 0.273. The van der Waals surface area contributed by atoms with E-state index in [4.69, 9.17) is 23.2 Å². The van der Waals surface area contributed by atoms with Gasteiger partial charge in [-0.05, 0) is 48.7 Å². The molecule has 0 spiro atoms. The van der Waals surface area contributed by atoms with Crippen LogP contribution in [0.1, 0.15) is 51.6 Å². The zero-order chi connectivity index (χ0) is 22.3. The summed E-state index contributed by atoms with van der Waals surface area (Å²) in [7, 11) is 0. The lowest BCUT2D eigenvalue weighted by Gasteiger charge is -2.39. The SMILES string of the molecule is C[C@]1(N2Cc3cc(CNC(=O)c4ccc(Cl)c(Cl)c4)ccc3C2=O)CCC(=O)NC1=O. The Morgan fingerprint density at radius 3 is 2.61 bits per heavy atom. The van der Waals surface area contributed by atoms with Crippen molar-refractivity contribution in [3.05, 3.63) is 68.7 Å². The molecule has 2 aliphatic heterocycles. The smallest absolute Gasteiger partial charge is 0.255 e.